The van der Waals surface area contributed by atoms with Crippen molar-refractivity contribution < 1.29 is 19.8 Å². The van der Waals surface area contributed by atoms with Crippen molar-refractivity contribution in [1.82, 2.24) is 9.80 Å². The van der Waals surface area contributed by atoms with Crippen LogP contribution in [0, 0.1) is 5.41 Å². The van der Waals surface area contributed by atoms with E-state index in [-0.39, 0.29) is 25.2 Å². The standard InChI is InChI=1S/C12H20N2O4/c1-12(10(16)17)4-5-13(8-12)11(18)14(6-7-15)9-2-3-9/h9,15H,2-8H2,1H3,(H,16,17). The lowest BCUT2D eigenvalue weighted by atomic mass is 9.90. The minimum absolute atomic E-state index is 0.0493. The monoisotopic (exact) mass is 256 g/mol. The molecule has 1 aliphatic carbocycles. The number of hydrogen-bond donors (Lipinski definition) is 2. The average Bonchev–Trinajstić information content (AvgIpc) is 3.08. The van der Waals surface area contributed by atoms with E-state index in [1.165, 1.54) is 0 Å². The molecular formula is C12H20N2O4. The summed E-state index contributed by atoms with van der Waals surface area (Å²) < 4.78 is 0. The van der Waals surface area contributed by atoms with Gasteiger partial charge in [-0.15, -0.1) is 0 Å². The van der Waals surface area contributed by atoms with Crippen LogP contribution in [0.4, 0.5) is 4.79 Å². The summed E-state index contributed by atoms with van der Waals surface area (Å²) in [5.41, 5.74) is -0.829. The van der Waals surface area contributed by atoms with E-state index in [0.717, 1.165) is 12.8 Å². The first-order valence-electron chi connectivity index (χ1n) is 6.38. The Morgan fingerprint density at radius 1 is 1.44 bits per heavy atom. The summed E-state index contributed by atoms with van der Waals surface area (Å²) in [6.45, 7) is 2.71. The zero-order chi connectivity index (χ0) is 13.3. The number of carbonyl (C=O) groups is 2. The number of nitrogens with zero attached hydrogens (tertiary/aromatic N) is 2. The van der Waals surface area contributed by atoms with Crippen LogP contribution in [0.25, 0.3) is 0 Å². The fraction of sp³-hybridized carbons (Fsp3) is 0.833. The van der Waals surface area contributed by atoms with Crippen LogP contribution in [0.5, 0.6) is 0 Å². The molecule has 2 aliphatic rings. The van der Waals surface area contributed by atoms with E-state index in [4.69, 9.17) is 10.2 Å². The summed E-state index contributed by atoms with van der Waals surface area (Å²) >= 11 is 0. The lowest BCUT2D eigenvalue weighted by Gasteiger charge is -2.28. The number of urea groups is 1. The van der Waals surface area contributed by atoms with E-state index in [9.17, 15) is 9.59 Å². The molecule has 1 heterocycles. The number of carboxylic acid groups (broad SMARTS) is 1. The van der Waals surface area contributed by atoms with Crippen molar-refractivity contribution in [2.45, 2.75) is 32.2 Å². The molecule has 0 bridgehead atoms. The third-order valence-corrected chi connectivity index (χ3v) is 3.83. The smallest absolute Gasteiger partial charge is 0.320 e. The fourth-order valence-corrected chi connectivity index (χ4v) is 2.41. The molecule has 2 N–H and O–H groups in total. The minimum Gasteiger partial charge on any atom is -0.481 e. The van der Waals surface area contributed by atoms with Crippen molar-refractivity contribution in [1.29, 1.82) is 0 Å². The van der Waals surface area contributed by atoms with Gasteiger partial charge in [0.2, 0.25) is 0 Å². The van der Waals surface area contributed by atoms with Gasteiger partial charge in [-0.2, -0.15) is 0 Å². The van der Waals surface area contributed by atoms with Crippen LogP contribution in [0.3, 0.4) is 0 Å². The molecule has 1 saturated carbocycles. The predicted molar refractivity (Wildman–Crippen MR) is 64.1 cm³/mol. The number of carboxylic acids is 1. The third kappa shape index (κ3) is 2.43. The average molecular weight is 256 g/mol. The fourth-order valence-electron chi connectivity index (χ4n) is 2.41. The van der Waals surface area contributed by atoms with Gasteiger partial charge < -0.3 is 20.0 Å². The normalized spacial score (nSPS) is 27.3. The molecule has 1 aliphatic heterocycles. The quantitative estimate of drug-likeness (QED) is 0.761. The van der Waals surface area contributed by atoms with E-state index in [0.29, 0.717) is 19.5 Å². The van der Waals surface area contributed by atoms with Gasteiger partial charge in [0.15, 0.2) is 0 Å². The zero-order valence-corrected chi connectivity index (χ0v) is 10.6. The molecule has 0 radical (unpaired) electrons. The number of aliphatic hydroxyl groups excluding tert-OH is 1. The summed E-state index contributed by atoms with van der Waals surface area (Å²) in [5, 5.41) is 18.1. The van der Waals surface area contributed by atoms with Crippen molar-refractivity contribution in [3.05, 3.63) is 0 Å². The molecule has 6 nitrogen and oxygen atoms in total. The Morgan fingerprint density at radius 2 is 2.11 bits per heavy atom. The predicted octanol–water partition coefficient (Wildman–Crippen LogP) is 0.360. The van der Waals surface area contributed by atoms with Gasteiger partial charge in [-0.1, -0.05) is 0 Å². The number of amides is 2. The molecular weight excluding hydrogens is 236 g/mol. The number of aliphatic carboxylic acids is 1. The van der Waals surface area contributed by atoms with Crippen molar-refractivity contribution in [2.75, 3.05) is 26.2 Å². The molecule has 1 atom stereocenters. The Kier molecular flexibility index (Phi) is 3.47. The molecule has 0 aromatic carbocycles. The number of likely N-dealkylation sites (tertiary alicyclic amines) is 1. The first-order chi connectivity index (χ1) is 8.48. The van der Waals surface area contributed by atoms with Gasteiger partial charge in [0.25, 0.3) is 0 Å². The van der Waals surface area contributed by atoms with E-state index < -0.39 is 11.4 Å². The second-order valence-corrected chi connectivity index (χ2v) is 5.47. The molecule has 1 unspecified atom stereocenters. The Bertz CT molecular complexity index is 356. The zero-order valence-electron chi connectivity index (χ0n) is 10.6. The summed E-state index contributed by atoms with van der Waals surface area (Å²) in [7, 11) is 0. The molecule has 1 saturated heterocycles. The van der Waals surface area contributed by atoms with Crippen molar-refractivity contribution in [3.8, 4) is 0 Å². The highest BCUT2D eigenvalue weighted by Crippen LogP contribution is 2.33. The van der Waals surface area contributed by atoms with Crippen molar-refractivity contribution in [3.63, 3.8) is 0 Å². The highest BCUT2D eigenvalue weighted by molar-refractivity contribution is 5.79. The summed E-state index contributed by atoms with van der Waals surface area (Å²) in [5.74, 6) is -0.849. The summed E-state index contributed by atoms with van der Waals surface area (Å²) in [6, 6.07) is 0.109. The van der Waals surface area contributed by atoms with Gasteiger partial charge in [-0.05, 0) is 26.2 Å². The number of hydrogen-bond acceptors (Lipinski definition) is 3. The Morgan fingerprint density at radius 3 is 2.56 bits per heavy atom. The second kappa shape index (κ2) is 4.76. The lowest BCUT2D eigenvalue weighted by molar-refractivity contribution is -0.147. The molecule has 2 fully saturated rings. The molecule has 2 rings (SSSR count). The van der Waals surface area contributed by atoms with E-state index in [1.54, 1.807) is 16.7 Å². The van der Waals surface area contributed by atoms with E-state index >= 15 is 0 Å². The van der Waals surface area contributed by atoms with Crippen LogP contribution < -0.4 is 0 Å². The van der Waals surface area contributed by atoms with Gasteiger partial charge >= 0.3 is 12.0 Å². The maximum absolute atomic E-state index is 12.3. The van der Waals surface area contributed by atoms with Gasteiger partial charge in [0.1, 0.15) is 0 Å². The topological polar surface area (TPSA) is 81.1 Å². The molecule has 0 spiro atoms. The first kappa shape index (κ1) is 13.1. The molecule has 0 aromatic rings. The number of rotatable bonds is 4. The number of carbonyl (C=O) groups excluding carboxylic acids is 1. The highest BCUT2D eigenvalue weighted by Gasteiger charge is 2.44. The Balaban J connectivity index is 1.99. The molecule has 0 aromatic heterocycles. The van der Waals surface area contributed by atoms with Crippen LogP contribution >= 0.6 is 0 Å². The van der Waals surface area contributed by atoms with Crippen LogP contribution in [-0.2, 0) is 4.79 Å². The highest BCUT2D eigenvalue weighted by atomic mass is 16.4. The summed E-state index contributed by atoms with van der Waals surface area (Å²) in [6.07, 6.45) is 2.46. The Labute approximate surface area is 106 Å². The summed E-state index contributed by atoms with van der Waals surface area (Å²) in [4.78, 5) is 26.7. The van der Waals surface area contributed by atoms with Gasteiger partial charge in [0, 0.05) is 25.7 Å². The van der Waals surface area contributed by atoms with Crippen LogP contribution in [0.15, 0.2) is 0 Å². The van der Waals surface area contributed by atoms with Gasteiger partial charge in [0.05, 0.1) is 12.0 Å². The Hall–Kier alpha value is -1.30. The molecule has 2 amide bonds. The molecule has 18 heavy (non-hydrogen) atoms. The van der Waals surface area contributed by atoms with E-state index in [1.807, 2.05) is 0 Å². The minimum atomic E-state index is -0.849. The van der Waals surface area contributed by atoms with Crippen LogP contribution in [0.1, 0.15) is 26.2 Å². The first-order valence-corrected chi connectivity index (χ1v) is 6.38. The van der Waals surface area contributed by atoms with Crippen molar-refractivity contribution >= 4 is 12.0 Å². The van der Waals surface area contributed by atoms with Crippen molar-refractivity contribution in [2.24, 2.45) is 5.41 Å². The molecule has 6 heteroatoms. The largest absolute Gasteiger partial charge is 0.481 e. The van der Waals surface area contributed by atoms with E-state index in [2.05, 4.69) is 0 Å². The van der Waals surface area contributed by atoms with Crippen LogP contribution in [-0.4, -0.2) is 64.3 Å². The SMILES string of the molecule is CC1(C(=O)O)CCN(C(=O)N(CCO)C2CC2)C1. The van der Waals surface area contributed by atoms with Crippen LogP contribution in [0.2, 0.25) is 0 Å². The maximum Gasteiger partial charge on any atom is 0.320 e. The lowest BCUT2D eigenvalue weighted by Crippen LogP contribution is -2.45. The number of aliphatic hydroxyl groups is 1. The maximum atomic E-state index is 12.3. The van der Waals surface area contributed by atoms with Gasteiger partial charge in [-0.3, -0.25) is 4.79 Å². The second-order valence-electron chi connectivity index (χ2n) is 5.47. The van der Waals surface area contributed by atoms with Gasteiger partial charge in [-0.25, -0.2) is 4.79 Å². The molecule has 102 valence electrons. The third-order valence-electron chi connectivity index (χ3n) is 3.83.